The Morgan fingerprint density at radius 2 is 2.00 bits per heavy atom. The largest absolute Gasteiger partial charge is 0.496 e. The molecular formula is C15H19NO2. The lowest BCUT2D eigenvalue weighted by Gasteiger charge is -2.19. The van der Waals surface area contributed by atoms with Gasteiger partial charge in [0.1, 0.15) is 11.5 Å². The molecule has 1 unspecified atom stereocenters. The normalized spacial score (nSPS) is 12.4. The van der Waals surface area contributed by atoms with E-state index in [1.165, 1.54) is 5.56 Å². The highest BCUT2D eigenvalue weighted by atomic mass is 16.5. The monoisotopic (exact) mass is 245 g/mol. The Balaban J connectivity index is 2.51. The summed E-state index contributed by atoms with van der Waals surface area (Å²) in [5.41, 5.74) is 3.44. The van der Waals surface area contributed by atoms with Gasteiger partial charge in [0.15, 0.2) is 0 Å². The number of methoxy groups -OCH3 is 1. The van der Waals surface area contributed by atoms with Crippen LogP contribution in [0.3, 0.4) is 0 Å². The summed E-state index contributed by atoms with van der Waals surface area (Å²) in [5, 5.41) is 3.29. The summed E-state index contributed by atoms with van der Waals surface area (Å²) in [6.45, 7) is 4.12. The number of hydrogen-bond donors (Lipinski definition) is 1. The van der Waals surface area contributed by atoms with E-state index in [1.807, 2.05) is 32.2 Å². The first-order valence-corrected chi connectivity index (χ1v) is 6.03. The van der Waals surface area contributed by atoms with Gasteiger partial charge in [-0.3, -0.25) is 0 Å². The van der Waals surface area contributed by atoms with Crippen LogP contribution in [0.25, 0.3) is 0 Å². The molecule has 3 nitrogen and oxygen atoms in total. The molecule has 18 heavy (non-hydrogen) atoms. The summed E-state index contributed by atoms with van der Waals surface area (Å²) in [6.07, 6.45) is 1.72. The molecule has 1 atom stereocenters. The Hall–Kier alpha value is -1.74. The van der Waals surface area contributed by atoms with E-state index < -0.39 is 0 Å². The Morgan fingerprint density at radius 1 is 1.22 bits per heavy atom. The smallest absolute Gasteiger partial charge is 0.128 e. The summed E-state index contributed by atoms with van der Waals surface area (Å²) >= 11 is 0. The summed E-state index contributed by atoms with van der Waals surface area (Å²) in [4.78, 5) is 0. The van der Waals surface area contributed by atoms with E-state index in [4.69, 9.17) is 9.15 Å². The van der Waals surface area contributed by atoms with Gasteiger partial charge in [-0.1, -0.05) is 17.7 Å². The van der Waals surface area contributed by atoms with Crippen LogP contribution in [0, 0.1) is 13.8 Å². The second-order valence-corrected chi connectivity index (χ2v) is 4.43. The molecule has 3 heteroatoms. The van der Waals surface area contributed by atoms with Crippen molar-refractivity contribution in [1.29, 1.82) is 0 Å². The summed E-state index contributed by atoms with van der Waals surface area (Å²) < 4.78 is 11.0. The molecule has 1 N–H and O–H groups in total. The molecule has 0 aliphatic carbocycles. The summed E-state index contributed by atoms with van der Waals surface area (Å²) in [7, 11) is 3.62. The predicted molar refractivity (Wildman–Crippen MR) is 72.1 cm³/mol. The van der Waals surface area contributed by atoms with Gasteiger partial charge in [-0.2, -0.15) is 0 Å². The maximum absolute atomic E-state index is 5.59. The van der Waals surface area contributed by atoms with Crippen molar-refractivity contribution in [2.24, 2.45) is 0 Å². The number of benzene rings is 1. The van der Waals surface area contributed by atoms with Crippen molar-refractivity contribution in [3.8, 4) is 5.75 Å². The molecule has 0 amide bonds. The molecule has 96 valence electrons. The highest BCUT2D eigenvalue weighted by Crippen LogP contribution is 2.32. The minimum atomic E-state index is 0.00912. The summed E-state index contributed by atoms with van der Waals surface area (Å²) in [5.74, 6) is 1.80. The quantitative estimate of drug-likeness (QED) is 0.898. The molecule has 0 radical (unpaired) electrons. The van der Waals surface area contributed by atoms with Gasteiger partial charge >= 0.3 is 0 Å². The SMILES string of the molecule is CNC(c1cc(C)ccc1OC)c1occc1C. The highest BCUT2D eigenvalue weighted by Gasteiger charge is 2.21. The van der Waals surface area contributed by atoms with Gasteiger partial charge in [0, 0.05) is 5.56 Å². The lowest BCUT2D eigenvalue weighted by Crippen LogP contribution is -2.18. The zero-order chi connectivity index (χ0) is 13.1. The number of rotatable bonds is 4. The van der Waals surface area contributed by atoms with Gasteiger partial charge in [-0.15, -0.1) is 0 Å². The fourth-order valence-corrected chi connectivity index (χ4v) is 2.19. The Labute approximate surface area is 108 Å². The number of aryl methyl sites for hydroxylation is 2. The molecule has 0 aliphatic heterocycles. The first-order valence-electron chi connectivity index (χ1n) is 6.03. The third-order valence-corrected chi connectivity index (χ3v) is 3.15. The topological polar surface area (TPSA) is 34.4 Å². The van der Waals surface area contributed by atoms with Crippen molar-refractivity contribution >= 4 is 0 Å². The van der Waals surface area contributed by atoms with Gasteiger partial charge in [0.05, 0.1) is 19.4 Å². The van der Waals surface area contributed by atoms with E-state index in [1.54, 1.807) is 13.4 Å². The van der Waals surface area contributed by atoms with Crippen molar-refractivity contribution in [2.75, 3.05) is 14.2 Å². The van der Waals surface area contributed by atoms with E-state index in [2.05, 4.69) is 18.3 Å². The van der Waals surface area contributed by atoms with Crippen LogP contribution in [0.1, 0.15) is 28.5 Å². The molecule has 2 aromatic rings. The molecule has 0 aliphatic rings. The Kier molecular flexibility index (Phi) is 3.72. The van der Waals surface area contributed by atoms with Crippen LogP contribution in [0.2, 0.25) is 0 Å². The van der Waals surface area contributed by atoms with Crippen molar-refractivity contribution in [2.45, 2.75) is 19.9 Å². The first kappa shape index (κ1) is 12.7. The van der Waals surface area contributed by atoms with Crippen LogP contribution >= 0.6 is 0 Å². The zero-order valence-corrected chi connectivity index (χ0v) is 11.3. The third-order valence-electron chi connectivity index (χ3n) is 3.15. The average Bonchev–Trinajstić information content (AvgIpc) is 2.77. The minimum Gasteiger partial charge on any atom is -0.496 e. The van der Waals surface area contributed by atoms with Crippen molar-refractivity contribution < 1.29 is 9.15 Å². The van der Waals surface area contributed by atoms with Crippen LogP contribution in [0.5, 0.6) is 5.75 Å². The van der Waals surface area contributed by atoms with Crippen LogP contribution in [-0.2, 0) is 0 Å². The van der Waals surface area contributed by atoms with Crippen molar-refractivity contribution in [1.82, 2.24) is 5.32 Å². The predicted octanol–water partition coefficient (Wildman–Crippen LogP) is 3.21. The van der Waals surface area contributed by atoms with Crippen molar-refractivity contribution in [3.05, 3.63) is 53.0 Å². The van der Waals surface area contributed by atoms with Gasteiger partial charge in [0.25, 0.3) is 0 Å². The zero-order valence-electron chi connectivity index (χ0n) is 11.3. The number of furan rings is 1. The maximum Gasteiger partial charge on any atom is 0.128 e. The van der Waals surface area contributed by atoms with E-state index in [0.29, 0.717) is 0 Å². The van der Waals surface area contributed by atoms with Crippen LogP contribution in [0.15, 0.2) is 34.9 Å². The average molecular weight is 245 g/mol. The van der Waals surface area contributed by atoms with Crippen LogP contribution in [0.4, 0.5) is 0 Å². The lowest BCUT2D eigenvalue weighted by atomic mass is 9.99. The van der Waals surface area contributed by atoms with E-state index in [-0.39, 0.29) is 6.04 Å². The van der Waals surface area contributed by atoms with E-state index >= 15 is 0 Å². The van der Waals surface area contributed by atoms with Gasteiger partial charge in [-0.05, 0) is 38.6 Å². The first-order chi connectivity index (χ1) is 8.67. The molecule has 0 saturated carbocycles. The molecule has 0 spiro atoms. The second kappa shape index (κ2) is 5.27. The third kappa shape index (κ3) is 2.27. The number of ether oxygens (including phenoxy) is 1. The van der Waals surface area contributed by atoms with E-state index in [0.717, 1.165) is 22.6 Å². The molecule has 1 heterocycles. The van der Waals surface area contributed by atoms with Crippen LogP contribution in [-0.4, -0.2) is 14.2 Å². The fraction of sp³-hybridized carbons (Fsp3) is 0.333. The van der Waals surface area contributed by atoms with Gasteiger partial charge < -0.3 is 14.5 Å². The summed E-state index contributed by atoms with van der Waals surface area (Å²) in [6, 6.07) is 8.15. The maximum atomic E-state index is 5.59. The Bertz CT molecular complexity index is 531. The molecule has 0 fully saturated rings. The molecule has 1 aromatic heterocycles. The van der Waals surface area contributed by atoms with Gasteiger partial charge in [0.2, 0.25) is 0 Å². The molecule has 2 rings (SSSR count). The minimum absolute atomic E-state index is 0.00912. The molecule has 1 aromatic carbocycles. The van der Waals surface area contributed by atoms with Crippen molar-refractivity contribution in [3.63, 3.8) is 0 Å². The standard InChI is InChI=1S/C15H19NO2/c1-10-5-6-13(17-4)12(9-10)14(16-3)15-11(2)7-8-18-15/h5-9,14,16H,1-4H3. The van der Waals surface area contributed by atoms with Crippen LogP contribution < -0.4 is 10.1 Å². The second-order valence-electron chi connectivity index (χ2n) is 4.43. The van der Waals surface area contributed by atoms with Gasteiger partial charge in [-0.25, -0.2) is 0 Å². The highest BCUT2D eigenvalue weighted by molar-refractivity contribution is 5.43. The molecule has 0 bridgehead atoms. The van der Waals surface area contributed by atoms with E-state index in [9.17, 15) is 0 Å². The fourth-order valence-electron chi connectivity index (χ4n) is 2.19. The Morgan fingerprint density at radius 3 is 2.56 bits per heavy atom. The molecule has 0 saturated heterocycles. The lowest BCUT2D eigenvalue weighted by molar-refractivity contribution is 0.396. The number of hydrogen-bond acceptors (Lipinski definition) is 3. The molecular weight excluding hydrogens is 226 g/mol. The number of nitrogens with one attached hydrogen (secondary N) is 1.